The Morgan fingerprint density at radius 3 is 2.69 bits per heavy atom. The third kappa shape index (κ3) is 4.63. The number of aromatic nitrogens is 2. The van der Waals surface area contributed by atoms with Crippen molar-refractivity contribution in [2.75, 3.05) is 13.2 Å². The molecule has 0 aliphatic rings. The molecule has 136 valence electrons. The average molecular weight is 351 g/mol. The highest BCUT2D eigenvalue weighted by Crippen LogP contribution is 2.18. The number of amides is 1. The van der Waals surface area contributed by atoms with Crippen LogP contribution in [0.5, 0.6) is 5.75 Å². The van der Waals surface area contributed by atoms with Crippen LogP contribution in [0.25, 0.3) is 11.0 Å². The molecule has 26 heavy (non-hydrogen) atoms. The highest BCUT2D eigenvalue weighted by molar-refractivity contribution is 5.77. The molecule has 0 atom stereocenters. The topological polar surface area (TPSA) is 56.1 Å². The van der Waals surface area contributed by atoms with Gasteiger partial charge in [0.1, 0.15) is 12.4 Å². The molecule has 1 N–H and O–H groups in total. The van der Waals surface area contributed by atoms with E-state index >= 15 is 0 Å². The normalized spacial score (nSPS) is 11.0. The standard InChI is InChI=1S/C21H25N3O2/c1-16(2)17-7-9-18(10-8-17)26-14-12-22-21(25)11-13-24-15-23-19-5-3-4-6-20(19)24/h3-10,15-16H,11-14H2,1-2H3,(H,22,25). The summed E-state index contributed by atoms with van der Waals surface area (Å²) in [7, 11) is 0. The molecule has 0 radical (unpaired) electrons. The van der Waals surface area contributed by atoms with Crippen molar-refractivity contribution in [2.24, 2.45) is 0 Å². The molecule has 0 aliphatic carbocycles. The molecule has 0 bridgehead atoms. The average Bonchev–Trinajstić information content (AvgIpc) is 3.07. The lowest BCUT2D eigenvalue weighted by molar-refractivity contribution is -0.121. The summed E-state index contributed by atoms with van der Waals surface area (Å²) < 4.78 is 7.67. The summed E-state index contributed by atoms with van der Waals surface area (Å²) >= 11 is 0. The first-order chi connectivity index (χ1) is 12.6. The summed E-state index contributed by atoms with van der Waals surface area (Å²) in [6.45, 7) is 5.90. The lowest BCUT2D eigenvalue weighted by Crippen LogP contribution is -2.28. The molecule has 0 unspecified atom stereocenters. The Kier molecular flexibility index (Phi) is 5.89. The lowest BCUT2D eigenvalue weighted by atomic mass is 10.0. The van der Waals surface area contributed by atoms with Gasteiger partial charge in [0.15, 0.2) is 0 Å². The first-order valence-corrected chi connectivity index (χ1v) is 9.03. The Bertz CT molecular complexity index is 853. The fourth-order valence-corrected chi connectivity index (χ4v) is 2.81. The van der Waals surface area contributed by atoms with E-state index in [-0.39, 0.29) is 5.91 Å². The second-order valence-corrected chi connectivity index (χ2v) is 6.60. The molecule has 1 amide bonds. The molecule has 0 fully saturated rings. The van der Waals surface area contributed by atoms with E-state index in [1.807, 2.05) is 41.0 Å². The van der Waals surface area contributed by atoms with Gasteiger partial charge in [-0.1, -0.05) is 38.1 Å². The number of nitrogens with zero attached hydrogens (tertiary/aromatic N) is 2. The van der Waals surface area contributed by atoms with E-state index in [1.54, 1.807) is 6.33 Å². The smallest absolute Gasteiger partial charge is 0.221 e. The Morgan fingerprint density at radius 2 is 1.92 bits per heavy atom. The monoisotopic (exact) mass is 351 g/mol. The minimum atomic E-state index is 0.0153. The molecular weight excluding hydrogens is 326 g/mol. The molecule has 5 nitrogen and oxygen atoms in total. The third-order valence-electron chi connectivity index (χ3n) is 4.35. The van der Waals surface area contributed by atoms with Gasteiger partial charge in [0.2, 0.25) is 5.91 Å². The van der Waals surface area contributed by atoms with E-state index < -0.39 is 0 Å². The molecule has 1 aromatic heterocycles. The Labute approximate surface area is 154 Å². The summed E-state index contributed by atoms with van der Waals surface area (Å²) in [5.41, 5.74) is 3.29. The summed E-state index contributed by atoms with van der Waals surface area (Å²) in [6, 6.07) is 16.0. The van der Waals surface area contributed by atoms with Crippen LogP contribution in [-0.4, -0.2) is 28.6 Å². The van der Waals surface area contributed by atoms with Gasteiger partial charge in [0, 0.05) is 13.0 Å². The lowest BCUT2D eigenvalue weighted by Gasteiger charge is -2.10. The van der Waals surface area contributed by atoms with Crippen molar-refractivity contribution in [2.45, 2.75) is 32.7 Å². The van der Waals surface area contributed by atoms with Gasteiger partial charge in [-0.3, -0.25) is 4.79 Å². The van der Waals surface area contributed by atoms with E-state index in [9.17, 15) is 4.79 Å². The maximum Gasteiger partial charge on any atom is 0.221 e. The van der Waals surface area contributed by atoms with E-state index in [4.69, 9.17) is 4.74 Å². The number of nitrogens with one attached hydrogen (secondary N) is 1. The maximum absolute atomic E-state index is 12.0. The SMILES string of the molecule is CC(C)c1ccc(OCCNC(=O)CCn2cnc3ccccc32)cc1. The fraction of sp³-hybridized carbons (Fsp3) is 0.333. The van der Waals surface area contributed by atoms with E-state index in [0.717, 1.165) is 16.8 Å². The predicted octanol–water partition coefficient (Wildman–Crippen LogP) is 3.75. The van der Waals surface area contributed by atoms with Gasteiger partial charge in [0.05, 0.1) is 23.9 Å². The number of hydrogen-bond acceptors (Lipinski definition) is 3. The maximum atomic E-state index is 12.0. The zero-order valence-electron chi connectivity index (χ0n) is 15.3. The number of fused-ring (bicyclic) bond motifs is 1. The molecule has 5 heteroatoms. The number of ether oxygens (including phenoxy) is 1. The molecule has 3 aromatic rings. The second kappa shape index (κ2) is 8.52. The molecule has 3 rings (SSSR count). The van der Waals surface area contributed by atoms with Crippen LogP contribution in [0.3, 0.4) is 0 Å². The van der Waals surface area contributed by atoms with Gasteiger partial charge in [-0.25, -0.2) is 4.98 Å². The van der Waals surface area contributed by atoms with Crippen LogP contribution in [0, 0.1) is 0 Å². The number of rotatable bonds is 8. The molecule has 1 heterocycles. The molecule has 0 saturated heterocycles. The number of imidazole rings is 1. The van der Waals surface area contributed by atoms with Crippen molar-refractivity contribution in [1.29, 1.82) is 0 Å². The number of aryl methyl sites for hydroxylation is 1. The van der Waals surface area contributed by atoms with E-state index in [0.29, 0.717) is 32.0 Å². The Hall–Kier alpha value is -2.82. The van der Waals surface area contributed by atoms with Crippen LogP contribution in [0.15, 0.2) is 54.9 Å². The molecule has 0 spiro atoms. The van der Waals surface area contributed by atoms with Gasteiger partial charge in [-0.05, 0) is 35.7 Å². The first kappa shape index (κ1) is 18.0. The predicted molar refractivity (Wildman–Crippen MR) is 103 cm³/mol. The molecule has 0 saturated carbocycles. The molecular formula is C21H25N3O2. The van der Waals surface area contributed by atoms with Crippen molar-refractivity contribution in [3.63, 3.8) is 0 Å². The van der Waals surface area contributed by atoms with Crippen molar-refractivity contribution in [3.05, 3.63) is 60.4 Å². The summed E-state index contributed by atoms with van der Waals surface area (Å²) in [5, 5.41) is 2.90. The van der Waals surface area contributed by atoms with Crippen molar-refractivity contribution in [1.82, 2.24) is 14.9 Å². The zero-order chi connectivity index (χ0) is 18.4. The number of carbonyl (C=O) groups excluding carboxylic acids is 1. The molecule has 2 aromatic carbocycles. The first-order valence-electron chi connectivity index (χ1n) is 9.03. The zero-order valence-corrected chi connectivity index (χ0v) is 15.3. The number of benzene rings is 2. The fourth-order valence-electron chi connectivity index (χ4n) is 2.81. The summed E-state index contributed by atoms with van der Waals surface area (Å²) in [4.78, 5) is 16.3. The van der Waals surface area contributed by atoms with E-state index in [2.05, 4.69) is 36.3 Å². The largest absolute Gasteiger partial charge is 0.492 e. The number of carbonyl (C=O) groups is 1. The number of hydrogen-bond donors (Lipinski definition) is 1. The van der Waals surface area contributed by atoms with Crippen molar-refractivity contribution < 1.29 is 9.53 Å². The van der Waals surface area contributed by atoms with Crippen LogP contribution >= 0.6 is 0 Å². The second-order valence-electron chi connectivity index (χ2n) is 6.60. The van der Waals surface area contributed by atoms with Crippen LogP contribution in [-0.2, 0) is 11.3 Å². The highest BCUT2D eigenvalue weighted by atomic mass is 16.5. The third-order valence-corrected chi connectivity index (χ3v) is 4.35. The molecule has 0 aliphatic heterocycles. The van der Waals surface area contributed by atoms with E-state index in [1.165, 1.54) is 5.56 Å². The van der Waals surface area contributed by atoms with Gasteiger partial charge in [-0.2, -0.15) is 0 Å². The summed E-state index contributed by atoms with van der Waals surface area (Å²) in [6.07, 6.45) is 2.20. The highest BCUT2D eigenvalue weighted by Gasteiger charge is 2.05. The van der Waals surface area contributed by atoms with Crippen LogP contribution < -0.4 is 10.1 Å². The van der Waals surface area contributed by atoms with Crippen LogP contribution in [0.4, 0.5) is 0 Å². The summed E-state index contributed by atoms with van der Waals surface area (Å²) in [5.74, 6) is 1.35. The van der Waals surface area contributed by atoms with Crippen molar-refractivity contribution in [3.8, 4) is 5.75 Å². The van der Waals surface area contributed by atoms with Gasteiger partial charge >= 0.3 is 0 Å². The number of para-hydroxylation sites is 2. The Balaban J connectivity index is 1.38. The van der Waals surface area contributed by atoms with Crippen LogP contribution in [0.1, 0.15) is 31.7 Å². The Morgan fingerprint density at radius 1 is 1.15 bits per heavy atom. The minimum absolute atomic E-state index is 0.0153. The van der Waals surface area contributed by atoms with Crippen molar-refractivity contribution >= 4 is 16.9 Å². The van der Waals surface area contributed by atoms with Gasteiger partial charge < -0.3 is 14.6 Å². The van der Waals surface area contributed by atoms with Crippen LogP contribution in [0.2, 0.25) is 0 Å². The minimum Gasteiger partial charge on any atom is -0.492 e. The quantitative estimate of drug-likeness (QED) is 0.629. The van der Waals surface area contributed by atoms with Gasteiger partial charge in [-0.15, -0.1) is 0 Å². The van der Waals surface area contributed by atoms with Gasteiger partial charge in [0.25, 0.3) is 0 Å².